The van der Waals surface area contributed by atoms with Gasteiger partial charge in [0.15, 0.2) is 23.1 Å². The van der Waals surface area contributed by atoms with E-state index in [4.69, 9.17) is 19.4 Å². The van der Waals surface area contributed by atoms with E-state index in [9.17, 15) is 0 Å². The number of aromatic nitrogens is 4. The zero-order valence-corrected chi connectivity index (χ0v) is 30.0. The Bertz CT molecular complexity index is 3450. The summed E-state index contributed by atoms with van der Waals surface area (Å²) in [6, 6.07) is 63.9. The summed E-state index contributed by atoms with van der Waals surface area (Å²) in [5.74, 6) is 1.82. The van der Waals surface area contributed by atoms with Crippen LogP contribution < -0.4 is 0 Å². The fourth-order valence-corrected chi connectivity index (χ4v) is 8.58. The lowest BCUT2D eigenvalue weighted by atomic mass is 10.0. The molecule has 260 valence electrons. The molecule has 3 aromatic heterocycles. The van der Waals surface area contributed by atoms with Gasteiger partial charge < -0.3 is 8.98 Å². The second-order valence-electron chi connectivity index (χ2n) is 14.4. The zero-order chi connectivity index (χ0) is 36.7. The van der Waals surface area contributed by atoms with Crippen LogP contribution in [-0.2, 0) is 0 Å². The van der Waals surface area contributed by atoms with Crippen molar-refractivity contribution >= 4 is 76.1 Å². The summed E-state index contributed by atoms with van der Waals surface area (Å²) in [7, 11) is 0. The number of fused-ring (bicyclic) bond motifs is 9. The quantitative estimate of drug-likeness (QED) is 0.182. The molecule has 3 heterocycles. The minimum atomic E-state index is 0.587. The van der Waals surface area contributed by atoms with Gasteiger partial charge in [0.1, 0.15) is 5.58 Å². The van der Waals surface area contributed by atoms with Gasteiger partial charge in [0, 0.05) is 38.2 Å². The highest BCUT2D eigenvalue weighted by Gasteiger charge is 2.23. The SMILES string of the molecule is c1ccc(-c2nc(-c3cccc4ccccc34)nc(-c3ccc(-n4c5cc6ccccc6cc5c5cc6ccccc6cc54)c4oc5ccccc5c34)n2)cc1. The van der Waals surface area contributed by atoms with E-state index < -0.39 is 0 Å². The highest BCUT2D eigenvalue weighted by Crippen LogP contribution is 2.43. The highest BCUT2D eigenvalue weighted by molar-refractivity contribution is 6.19. The molecule has 0 fully saturated rings. The average molecular weight is 715 g/mol. The van der Waals surface area contributed by atoms with Crippen LogP contribution in [0.3, 0.4) is 0 Å². The fourth-order valence-electron chi connectivity index (χ4n) is 8.58. The summed E-state index contributed by atoms with van der Waals surface area (Å²) in [5, 5.41) is 11.4. The van der Waals surface area contributed by atoms with Crippen molar-refractivity contribution < 1.29 is 4.42 Å². The number of benzene rings is 9. The van der Waals surface area contributed by atoms with Crippen LogP contribution in [0.1, 0.15) is 0 Å². The molecule has 12 rings (SSSR count). The van der Waals surface area contributed by atoms with Crippen LogP contribution in [0.2, 0.25) is 0 Å². The van der Waals surface area contributed by atoms with E-state index in [1.165, 1.54) is 32.3 Å². The lowest BCUT2D eigenvalue weighted by Gasteiger charge is -2.13. The van der Waals surface area contributed by atoms with Gasteiger partial charge in [-0.2, -0.15) is 0 Å². The van der Waals surface area contributed by atoms with E-state index in [0.29, 0.717) is 17.5 Å². The van der Waals surface area contributed by atoms with Gasteiger partial charge in [0.2, 0.25) is 0 Å². The van der Waals surface area contributed by atoms with Crippen molar-refractivity contribution in [2.45, 2.75) is 0 Å². The summed E-state index contributed by atoms with van der Waals surface area (Å²) < 4.78 is 9.32. The Labute approximate surface area is 320 Å². The first-order chi connectivity index (χ1) is 27.7. The van der Waals surface area contributed by atoms with Crippen LogP contribution >= 0.6 is 0 Å². The minimum absolute atomic E-state index is 0.587. The topological polar surface area (TPSA) is 56.7 Å². The van der Waals surface area contributed by atoms with Crippen molar-refractivity contribution in [2.75, 3.05) is 0 Å². The molecular formula is C51H30N4O. The van der Waals surface area contributed by atoms with Crippen LogP contribution in [0.4, 0.5) is 0 Å². The van der Waals surface area contributed by atoms with E-state index in [2.05, 4.69) is 144 Å². The van der Waals surface area contributed by atoms with Crippen LogP contribution in [0.25, 0.3) is 116 Å². The molecule has 0 unspecified atom stereocenters. The van der Waals surface area contributed by atoms with Crippen LogP contribution in [0, 0.1) is 0 Å². The first-order valence-corrected chi connectivity index (χ1v) is 18.9. The largest absolute Gasteiger partial charge is 0.454 e. The molecule has 0 aliphatic heterocycles. The molecule has 5 heteroatoms. The van der Waals surface area contributed by atoms with Gasteiger partial charge in [-0.05, 0) is 74.8 Å². The van der Waals surface area contributed by atoms with E-state index >= 15 is 0 Å². The van der Waals surface area contributed by atoms with E-state index in [0.717, 1.165) is 66.1 Å². The molecule has 9 aromatic carbocycles. The van der Waals surface area contributed by atoms with Crippen molar-refractivity contribution in [3.05, 3.63) is 182 Å². The fraction of sp³-hybridized carbons (Fsp3) is 0. The van der Waals surface area contributed by atoms with Crippen molar-refractivity contribution in [1.29, 1.82) is 0 Å². The molecule has 5 nitrogen and oxygen atoms in total. The molecule has 0 amide bonds. The molecule has 0 bridgehead atoms. The Morgan fingerprint density at radius 2 is 0.911 bits per heavy atom. The third kappa shape index (κ3) is 4.64. The first-order valence-electron chi connectivity index (χ1n) is 18.9. The van der Waals surface area contributed by atoms with Gasteiger partial charge in [-0.25, -0.2) is 15.0 Å². The van der Waals surface area contributed by atoms with Crippen molar-refractivity contribution in [1.82, 2.24) is 19.5 Å². The van der Waals surface area contributed by atoms with Crippen LogP contribution in [-0.4, -0.2) is 19.5 Å². The number of hydrogen-bond donors (Lipinski definition) is 0. The summed E-state index contributed by atoms with van der Waals surface area (Å²) in [4.78, 5) is 15.6. The van der Waals surface area contributed by atoms with Gasteiger partial charge in [-0.1, -0.05) is 140 Å². The Morgan fingerprint density at radius 1 is 0.375 bits per heavy atom. The lowest BCUT2D eigenvalue weighted by Crippen LogP contribution is -2.01. The molecule has 0 aliphatic rings. The van der Waals surface area contributed by atoms with Gasteiger partial charge in [-0.15, -0.1) is 0 Å². The Morgan fingerprint density at radius 3 is 1.61 bits per heavy atom. The lowest BCUT2D eigenvalue weighted by molar-refractivity contribution is 0.666. The molecule has 0 radical (unpaired) electrons. The van der Waals surface area contributed by atoms with E-state index in [1.54, 1.807) is 0 Å². The molecule has 0 saturated carbocycles. The van der Waals surface area contributed by atoms with Gasteiger partial charge in [0.05, 0.1) is 16.7 Å². The second kappa shape index (κ2) is 11.9. The summed E-state index contributed by atoms with van der Waals surface area (Å²) in [6.45, 7) is 0. The van der Waals surface area contributed by atoms with Crippen molar-refractivity contribution in [3.63, 3.8) is 0 Å². The summed E-state index contributed by atoms with van der Waals surface area (Å²) in [5.41, 5.74) is 7.53. The molecule has 0 aliphatic carbocycles. The average Bonchev–Trinajstić information content (AvgIpc) is 3.80. The molecule has 0 N–H and O–H groups in total. The van der Waals surface area contributed by atoms with E-state index in [-0.39, 0.29) is 0 Å². The van der Waals surface area contributed by atoms with Crippen LogP contribution in [0.15, 0.2) is 186 Å². The van der Waals surface area contributed by atoms with Gasteiger partial charge >= 0.3 is 0 Å². The number of para-hydroxylation sites is 1. The smallest absolute Gasteiger partial charge is 0.164 e. The number of furan rings is 1. The van der Waals surface area contributed by atoms with E-state index in [1.807, 2.05) is 42.5 Å². The second-order valence-corrected chi connectivity index (χ2v) is 14.4. The molecule has 56 heavy (non-hydrogen) atoms. The van der Waals surface area contributed by atoms with Crippen molar-refractivity contribution in [3.8, 4) is 39.9 Å². The molecule has 0 saturated heterocycles. The maximum absolute atomic E-state index is 6.94. The minimum Gasteiger partial charge on any atom is -0.454 e. The Hall–Kier alpha value is -7.63. The van der Waals surface area contributed by atoms with Gasteiger partial charge in [0.25, 0.3) is 0 Å². The number of nitrogens with zero attached hydrogens (tertiary/aromatic N) is 4. The summed E-state index contributed by atoms with van der Waals surface area (Å²) in [6.07, 6.45) is 0. The molecular weight excluding hydrogens is 685 g/mol. The van der Waals surface area contributed by atoms with Crippen molar-refractivity contribution in [2.24, 2.45) is 0 Å². The normalized spacial score (nSPS) is 11.9. The maximum atomic E-state index is 6.94. The number of hydrogen-bond acceptors (Lipinski definition) is 4. The highest BCUT2D eigenvalue weighted by atomic mass is 16.3. The standard InChI is InChI=1S/C51H30N4O/c1-2-14-32(15-3-1)49-52-50(38-23-12-20-31-13-8-9-21-37(31)38)54-51(53-49)40-25-26-43(48-47(40)39-22-10-11-24-46(39)56-48)55-44-29-35-18-6-4-16-33(35)27-41(44)42-28-34-17-5-7-19-36(34)30-45(42)55/h1-30H. The van der Waals surface area contributed by atoms with Crippen LogP contribution in [0.5, 0.6) is 0 Å². The third-order valence-electron chi connectivity index (χ3n) is 11.2. The maximum Gasteiger partial charge on any atom is 0.164 e. The number of rotatable bonds is 4. The predicted octanol–water partition coefficient (Wildman–Crippen LogP) is 13.3. The monoisotopic (exact) mass is 714 g/mol. The third-order valence-corrected chi connectivity index (χ3v) is 11.2. The molecule has 0 atom stereocenters. The Balaban J connectivity index is 1.18. The predicted molar refractivity (Wildman–Crippen MR) is 230 cm³/mol. The Kier molecular flexibility index (Phi) is 6.56. The molecule has 12 aromatic rings. The zero-order valence-electron chi connectivity index (χ0n) is 30.0. The first kappa shape index (κ1) is 30.8. The summed E-state index contributed by atoms with van der Waals surface area (Å²) >= 11 is 0. The molecule has 0 spiro atoms. The van der Waals surface area contributed by atoms with Gasteiger partial charge in [-0.3, -0.25) is 0 Å².